The SMILES string of the molecule is CC(C)CCC[C@@H](CN(O)C=O)C(=O)NNc1nnc2cc(F)ccc2n1. The second kappa shape index (κ2) is 9.72. The fraction of sp³-hybridized carbons (Fsp3) is 0.471. The highest BCUT2D eigenvalue weighted by Gasteiger charge is 2.21. The van der Waals surface area contributed by atoms with Crippen molar-refractivity contribution in [1.82, 2.24) is 25.7 Å². The fourth-order valence-electron chi connectivity index (χ4n) is 2.53. The minimum atomic E-state index is -0.603. The Kier molecular flexibility index (Phi) is 7.35. The number of hydrazine groups is 1. The molecule has 27 heavy (non-hydrogen) atoms. The Balaban J connectivity index is 1.98. The van der Waals surface area contributed by atoms with Gasteiger partial charge in [-0.25, -0.2) is 14.4 Å². The van der Waals surface area contributed by atoms with Gasteiger partial charge in [-0.3, -0.25) is 25.6 Å². The van der Waals surface area contributed by atoms with E-state index >= 15 is 0 Å². The van der Waals surface area contributed by atoms with Gasteiger partial charge in [-0.2, -0.15) is 0 Å². The average molecular weight is 378 g/mol. The van der Waals surface area contributed by atoms with Crippen molar-refractivity contribution in [3.8, 4) is 0 Å². The fourth-order valence-corrected chi connectivity index (χ4v) is 2.53. The number of nitrogens with one attached hydrogen (secondary N) is 2. The lowest BCUT2D eigenvalue weighted by atomic mass is 9.97. The van der Waals surface area contributed by atoms with Crippen LogP contribution in [0.25, 0.3) is 11.0 Å². The summed E-state index contributed by atoms with van der Waals surface area (Å²) in [5, 5.41) is 17.5. The highest BCUT2D eigenvalue weighted by atomic mass is 19.1. The molecule has 2 amide bonds. The zero-order valence-electron chi connectivity index (χ0n) is 15.2. The van der Waals surface area contributed by atoms with Crippen molar-refractivity contribution >= 4 is 29.3 Å². The van der Waals surface area contributed by atoms with Gasteiger partial charge >= 0.3 is 0 Å². The maximum atomic E-state index is 13.1. The van der Waals surface area contributed by atoms with Gasteiger partial charge < -0.3 is 0 Å². The Bertz CT molecular complexity index is 788. The maximum absolute atomic E-state index is 13.1. The van der Waals surface area contributed by atoms with E-state index in [4.69, 9.17) is 0 Å². The first-order chi connectivity index (χ1) is 12.9. The van der Waals surface area contributed by atoms with E-state index in [0.717, 1.165) is 12.8 Å². The summed E-state index contributed by atoms with van der Waals surface area (Å²) in [6.07, 6.45) is 2.47. The summed E-state index contributed by atoms with van der Waals surface area (Å²) < 4.78 is 13.1. The number of amides is 2. The lowest BCUT2D eigenvalue weighted by molar-refractivity contribution is -0.154. The molecule has 1 aromatic heterocycles. The van der Waals surface area contributed by atoms with Crippen molar-refractivity contribution in [3.05, 3.63) is 24.0 Å². The van der Waals surface area contributed by atoms with E-state index in [9.17, 15) is 19.2 Å². The second-order valence-corrected chi connectivity index (χ2v) is 6.63. The topological polar surface area (TPSA) is 120 Å². The molecular formula is C17H23FN6O3. The van der Waals surface area contributed by atoms with Gasteiger partial charge in [-0.15, -0.1) is 10.2 Å². The molecule has 0 unspecified atom stereocenters. The Morgan fingerprint density at radius 3 is 2.78 bits per heavy atom. The Morgan fingerprint density at radius 2 is 2.07 bits per heavy atom. The number of carbonyl (C=O) groups is 2. The molecule has 2 aromatic rings. The number of hydrogen-bond donors (Lipinski definition) is 3. The van der Waals surface area contributed by atoms with Gasteiger partial charge in [0.1, 0.15) is 11.3 Å². The van der Waals surface area contributed by atoms with Crippen molar-refractivity contribution in [2.75, 3.05) is 12.0 Å². The second-order valence-electron chi connectivity index (χ2n) is 6.63. The zero-order valence-corrected chi connectivity index (χ0v) is 15.2. The predicted molar refractivity (Wildman–Crippen MR) is 95.8 cm³/mol. The maximum Gasteiger partial charge on any atom is 0.262 e. The molecule has 9 nitrogen and oxygen atoms in total. The van der Waals surface area contributed by atoms with Crippen LogP contribution in [0, 0.1) is 17.7 Å². The van der Waals surface area contributed by atoms with E-state index in [1.807, 2.05) is 0 Å². The van der Waals surface area contributed by atoms with E-state index in [2.05, 4.69) is 39.9 Å². The largest absolute Gasteiger partial charge is 0.286 e. The van der Waals surface area contributed by atoms with Crippen molar-refractivity contribution in [1.29, 1.82) is 0 Å². The number of aromatic nitrogens is 3. The van der Waals surface area contributed by atoms with Crippen molar-refractivity contribution in [2.24, 2.45) is 11.8 Å². The standard InChI is InChI=1S/C17H23FN6O3/c1-11(2)4-3-5-12(9-24(27)10-25)16(26)21-23-17-19-14-7-6-13(18)8-15(14)20-22-17/h6-8,10-12,27H,3-5,9H2,1-2H3,(H,21,26)(H,19,22,23)/t12-/m0/s1. The van der Waals surface area contributed by atoms with Crippen molar-refractivity contribution in [2.45, 2.75) is 33.1 Å². The number of nitrogens with zero attached hydrogens (tertiary/aromatic N) is 4. The van der Waals surface area contributed by atoms with Gasteiger partial charge in [-0.1, -0.05) is 26.7 Å². The summed E-state index contributed by atoms with van der Waals surface area (Å²) in [6.45, 7) is 4.04. The van der Waals surface area contributed by atoms with E-state index in [-0.39, 0.29) is 18.9 Å². The molecule has 0 aliphatic rings. The van der Waals surface area contributed by atoms with Crippen LogP contribution in [0.4, 0.5) is 10.3 Å². The molecule has 0 fully saturated rings. The summed E-state index contributed by atoms with van der Waals surface area (Å²) in [5.41, 5.74) is 5.72. The van der Waals surface area contributed by atoms with Crippen LogP contribution in [0.2, 0.25) is 0 Å². The van der Waals surface area contributed by atoms with Crippen LogP contribution in [-0.4, -0.2) is 44.3 Å². The molecule has 146 valence electrons. The number of fused-ring (bicyclic) bond motifs is 1. The first-order valence-electron chi connectivity index (χ1n) is 8.65. The molecule has 1 atom stereocenters. The van der Waals surface area contributed by atoms with Gasteiger partial charge in [0.15, 0.2) is 0 Å². The van der Waals surface area contributed by atoms with E-state index in [1.165, 1.54) is 18.2 Å². The number of anilines is 1. The number of hydrogen-bond acceptors (Lipinski definition) is 7. The molecule has 0 radical (unpaired) electrons. The van der Waals surface area contributed by atoms with Gasteiger partial charge in [0, 0.05) is 6.07 Å². The molecular weight excluding hydrogens is 355 g/mol. The molecule has 0 saturated heterocycles. The minimum absolute atomic E-state index is 0.0413. The molecule has 0 saturated carbocycles. The van der Waals surface area contributed by atoms with Crippen LogP contribution in [0.5, 0.6) is 0 Å². The summed E-state index contributed by atoms with van der Waals surface area (Å²) >= 11 is 0. The molecule has 0 bridgehead atoms. The van der Waals surface area contributed by atoms with Crippen LogP contribution in [0.1, 0.15) is 33.1 Å². The minimum Gasteiger partial charge on any atom is -0.286 e. The quantitative estimate of drug-likeness (QED) is 0.328. The molecule has 0 aliphatic carbocycles. The lowest BCUT2D eigenvalue weighted by Crippen LogP contribution is -2.40. The number of carbonyl (C=O) groups excluding carboxylic acids is 2. The summed E-state index contributed by atoms with van der Waals surface area (Å²) in [7, 11) is 0. The van der Waals surface area contributed by atoms with Gasteiger partial charge in [0.2, 0.25) is 12.3 Å². The van der Waals surface area contributed by atoms with Gasteiger partial charge in [-0.05, 0) is 24.5 Å². The highest BCUT2D eigenvalue weighted by molar-refractivity contribution is 5.80. The van der Waals surface area contributed by atoms with E-state index in [1.54, 1.807) is 0 Å². The van der Waals surface area contributed by atoms with Crippen molar-refractivity contribution in [3.63, 3.8) is 0 Å². The zero-order chi connectivity index (χ0) is 19.8. The van der Waals surface area contributed by atoms with Crippen LogP contribution in [0.15, 0.2) is 18.2 Å². The third kappa shape index (κ3) is 6.41. The van der Waals surface area contributed by atoms with Crippen molar-refractivity contribution < 1.29 is 19.2 Å². The number of benzene rings is 1. The lowest BCUT2D eigenvalue weighted by Gasteiger charge is -2.20. The molecule has 1 aromatic carbocycles. The van der Waals surface area contributed by atoms with Crippen LogP contribution in [0.3, 0.4) is 0 Å². The third-order valence-corrected chi connectivity index (χ3v) is 3.95. The first-order valence-corrected chi connectivity index (χ1v) is 8.65. The Morgan fingerprint density at radius 1 is 1.30 bits per heavy atom. The molecule has 0 aliphatic heterocycles. The normalized spacial score (nSPS) is 12.0. The van der Waals surface area contributed by atoms with E-state index in [0.29, 0.717) is 28.4 Å². The number of rotatable bonds is 10. The van der Waals surface area contributed by atoms with Gasteiger partial charge in [0.05, 0.1) is 18.0 Å². The molecule has 2 rings (SSSR count). The van der Waals surface area contributed by atoms with Gasteiger partial charge in [0.25, 0.3) is 5.95 Å². The van der Waals surface area contributed by atoms with E-state index < -0.39 is 17.6 Å². The van der Waals surface area contributed by atoms with Crippen LogP contribution < -0.4 is 10.9 Å². The Labute approximate surface area is 155 Å². The Hall–Kier alpha value is -2.88. The summed E-state index contributed by atoms with van der Waals surface area (Å²) in [4.78, 5) is 27.2. The third-order valence-electron chi connectivity index (χ3n) is 3.95. The monoisotopic (exact) mass is 378 g/mol. The molecule has 3 N–H and O–H groups in total. The highest BCUT2D eigenvalue weighted by Crippen LogP contribution is 2.14. The first kappa shape index (κ1) is 20.4. The summed E-state index contributed by atoms with van der Waals surface area (Å²) in [6, 6.07) is 3.91. The number of hydroxylamine groups is 2. The molecule has 0 spiro atoms. The average Bonchev–Trinajstić information content (AvgIpc) is 2.64. The smallest absolute Gasteiger partial charge is 0.262 e. The molecule has 1 heterocycles. The predicted octanol–water partition coefficient (Wildman–Crippen LogP) is 1.90. The van der Waals surface area contributed by atoms with Crippen LogP contribution >= 0.6 is 0 Å². The number of halogens is 1. The summed E-state index contributed by atoms with van der Waals surface area (Å²) in [5.74, 6) is -0.929. The molecule has 10 heteroatoms. The van der Waals surface area contributed by atoms with Crippen LogP contribution in [-0.2, 0) is 9.59 Å².